The lowest BCUT2D eigenvalue weighted by atomic mass is 9.84. The molecule has 3 unspecified atom stereocenters. The van der Waals surface area contributed by atoms with Crippen LogP contribution >= 0.6 is 11.6 Å². The number of benzene rings is 1. The Morgan fingerprint density at radius 3 is 2.84 bits per heavy atom. The van der Waals surface area contributed by atoms with E-state index in [1.165, 1.54) is 18.9 Å². The second-order valence-electron chi connectivity index (χ2n) is 5.40. The van der Waals surface area contributed by atoms with Gasteiger partial charge < -0.3 is 10.4 Å². The molecule has 0 spiro atoms. The number of aliphatic hydroxyl groups is 1. The molecule has 0 aromatic heterocycles. The summed E-state index contributed by atoms with van der Waals surface area (Å²) in [5.41, 5.74) is 0.980. The Labute approximate surface area is 119 Å². The van der Waals surface area contributed by atoms with Gasteiger partial charge in [-0.3, -0.25) is 0 Å². The first kappa shape index (κ1) is 14.8. The first-order valence-corrected chi connectivity index (χ1v) is 7.31. The third-order valence-electron chi connectivity index (χ3n) is 4.05. The van der Waals surface area contributed by atoms with E-state index in [1.54, 1.807) is 12.1 Å². The van der Waals surface area contributed by atoms with Gasteiger partial charge in [-0.05, 0) is 43.4 Å². The summed E-state index contributed by atoms with van der Waals surface area (Å²) in [6, 6.07) is 5.27. The Morgan fingerprint density at radius 1 is 1.42 bits per heavy atom. The lowest BCUT2D eigenvalue weighted by molar-refractivity contribution is 0.147. The van der Waals surface area contributed by atoms with Crippen molar-refractivity contribution in [3.05, 3.63) is 34.6 Å². The van der Waals surface area contributed by atoms with Crippen molar-refractivity contribution in [2.75, 3.05) is 6.61 Å². The highest BCUT2D eigenvalue weighted by atomic mass is 35.5. The smallest absolute Gasteiger partial charge is 0.141 e. The van der Waals surface area contributed by atoms with Gasteiger partial charge in [0.1, 0.15) is 5.82 Å². The molecule has 1 aliphatic rings. The normalized spacial score (nSPS) is 25.3. The molecule has 1 aromatic rings. The van der Waals surface area contributed by atoms with E-state index in [2.05, 4.69) is 5.32 Å². The maximum Gasteiger partial charge on any atom is 0.141 e. The fourth-order valence-corrected chi connectivity index (χ4v) is 3.03. The van der Waals surface area contributed by atoms with E-state index in [1.807, 2.05) is 6.92 Å². The molecule has 0 bridgehead atoms. The van der Waals surface area contributed by atoms with Crippen molar-refractivity contribution in [1.29, 1.82) is 0 Å². The zero-order chi connectivity index (χ0) is 13.8. The van der Waals surface area contributed by atoms with Crippen molar-refractivity contribution >= 4 is 11.6 Å². The molecule has 2 N–H and O–H groups in total. The minimum atomic E-state index is -0.386. The van der Waals surface area contributed by atoms with Crippen molar-refractivity contribution in [1.82, 2.24) is 5.32 Å². The van der Waals surface area contributed by atoms with Crippen molar-refractivity contribution in [3.63, 3.8) is 0 Å². The van der Waals surface area contributed by atoms with E-state index in [0.29, 0.717) is 12.0 Å². The molecule has 0 heterocycles. The van der Waals surface area contributed by atoms with Crippen LogP contribution in [0, 0.1) is 11.7 Å². The third-order valence-corrected chi connectivity index (χ3v) is 4.34. The van der Waals surface area contributed by atoms with Crippen LogP contribution in [0.2, 0.25) is 5.02 Å². The fraction of sp³-hybridized carbons (Fsp3) is 0.600. The van der Waals surface area contributed by atoms with Crippen LogP contribution in [0.3, 0.4) is 0 Å². The molecule has 19 heavy (non-hydrogen) atoms. The summed E-state index contributed by atoms with van der Waals surface area (Å²) in [6.07, 6.45) is 4.56. The molecule has 1 aromatic carbocycles. The first-order valence-electron chi connectivity index (χ1n) is 6.93. The topological polar surface area (TPSA) is 32.3 Å². The molecule has 3 atom stereocenters. The van der Waals surface area contributed by atoms with E-state index >= 15 is 0 Å². The number of hydrogen-bond donors (Lipinski definition) is 2. The molecule has 2 rings (SSSR count). The van der Waals surface area contributed by atoms with Crippen molar-refractivity contribution in [3.8, 4) is 0 Å². The molecular formula is C15H21ClFNO. The summed E-state index contributed by atoms with van der Waals surface area (Å²) in [4.78, 5) is 0. The number of halogens is 2. The van der Waals surface area contributed by atoms with Crippen LogP contribution in [0.15, 0.2) is 18.2 Å². The van der Waals surface area contributed by atoms with E-state index in [-0.39, 0.29) is 23.5 Å². The average Bonchev–Trinajstić information content (AvgIpc) is 2.42. The minimum Gasteiger partial charge on any atom is -0.396 e. The van der Waals surface area contributed by atoms with Crippen LogP contribution in [-0.4, -0.2) is 17.8 Å². The van der Waals surface area contributed by atoms with E-state index in [4.69, 9.17) is 11.6 Å². The summed E-state index contributed by atoms with van der Waals surface area (Å²) in [7, 11) is 0. The van der Waals surface area contributed by atoms with Crippen LogP contribution in [0.1, 0.15) is 44.2 Å². The fourth-order valence-electron chi connectivity index (χ4n) is 2.84. The third kappa shape index (κ3) is 3.68. The van der Waals surface area contributed by atoms with Crippen LogP contribution in [0.25, 0.3) is 0 Å². The van der Waals surface area contributed by atoms with Crippen molar-refractivity contribution in [2.45, 2.75) is 44.7 Å². The Morgan fingerprint density at radius 2 is 2.16 bits per heavy atom. The Bertz CT molecular complexity index is 427. The molecule has 1 aliphatic carbocycles. The zero-order valence-corrected chi connectivity index (χ0v) is 12.0. The van der Waals surface area contributed by atoms with Gasteiger partial charge in [-0.15, -0.1) is 0 Å². The largest absolute Gasteiger partial charge is 0.396 e. The van der Waals surface area contributed by atoms with E-state index in [9.17, 15) is 9.50 Å². The van der Waals surface area contributed by atoms with Crippen LogP contribution in [0.4, 0.5) is 4.39 Å². The SMILES string of the molecule is CC(NC1CCCCC1CO)c1ccc(F)c(Cl)c1. The summed E-state index contributed by atoms with van der Waals surface area (Å²) < 4.78 is 13.2. The van der Waals surface area contributed by atoms with Gasteiger partial charge in [-0.2, -0.15) is 0 Å². The molecular weight excluding hydrogens is 265 g/mol. The van der Waals surface area contributed by atoms with Crippen LogP contribution in [0.5, 0.6) is 0 Å². The highest BCUT2D eigenvalue weighted by Gasteiger charge is 2.25. The predicted octanol–water partition coefficient (Wildman–Crippen LogP) is 3.68. The van der Waals surface area contributed by atoms with Crippen molar-refractivity contribution < 1.29 is 9.50 Å². The van der Waals surface area contributed by atoms with Gasteiger partial charge >= 0.3 is 0 Å². The monoisotopic (exact) mass is 285 g/mol. The Balaban J connectivity index is 2.02. The van der Waals surface area contributed by atoms with Gasteiger partial charge in [0.15, 0.2) is 0 Å². The number of aliphatic hydroxyl groups excluding tert-OH is 1. The van der Waals surface area contributed by atoms with E-state index < -0.39 is 0 Å². The van der Waals surface area contributed by atoms with E-state index in [0.717, 1.165) is 18.4 Å². The average molecular weight is 286 g/mol. The van der Waals surface area contributed by atoms with Crippen molar-refractivity contribution in [2.24, 2.45) is 5.92 Å². The maximum absolute atomic E-state index is 13.2. The molecule has 0 aliphatic heterocycles. The second-order valence-corrected chi connectivity index (χ2v) is 5.80. The van der Waals surface area contributed by atoms with Gasteiger partial charge in [0, 0.05) is 18.7 Å². The van der Waals surface area contributed by atoms with Gasteiger partial charge in [-0.1, -0.05) is 30.5 Å². The maximum atomic E-state index is 13.2. The Hall–Kier alpha value is -0.640. The number of rotatable bonds is 4. The van der Waals surface area contributed by atoms with Gasteiger partial charge in [0.05, 0.1) is 5.02 Å². The molecule has 0 radical (unpaired) electrons. The second kappa shape index (κ2) is 6.69. The highest BCUT2D eigenvalue weighted by Crippen LogP contribution is 2.27. The molecule has 1 saturated carbocycles. The number of nitrogens with one attached hydrogen (secondary N) is 1. The Kier molecular flexibility index (Phi) is 5.20. The lowest BCUT2D eigenvalue weighted by Gasteiger charge is -2.33. The van der Waals surface area contributed by atoms with Gasteiger partial charge in [0.2, 0.25) is 0 Å². The minimum absolute atomic E-state index is 0.107. The van der Waals surface area contributed by atoms with Gasteiger partial charge in [-0.25, -0.2) is 4.39 Å². The van der Waals surface area contributed by atoms with Crippen LogP contribution < -0.4 is 5.32 Å². The first-order chi connectivity index (χ1) is 9.11. The quantitative estimate of drug-likeness (QED) is 0.884. The predicted molar refractivity (Wildman–Crippen MR) is 75.8 cm³/mol. The summed E-state index contributed by atoms with van der Waals surface area (Å²) in [5, 5.41) is 13.1. The van der Waals surface area contributed by atoms with Crippen LogP contribution in [-0.2, 0) is 0 Å². The summed E-state index contributed by atoms with van der Waals surface area (Å²) >= 11 is 5.81. The molecule has 4 heteroatoms. The molecule has 0 amide bonds. The lowest BCUT2D eigenvalue weighted by Crippen LogP contribution is -2.41. The van der Waals surface area contributed by atoms with Gasteiger partial charge in [0.25, 0.3) is 0 Å². The standard InChI is InChI=1S/C15H21ClFNO/c1-10(11-6-7-14(17)13(16)8-11)18-15-5-3-2-4-12(15)9-19/h6-8,10,12,15,18-19H,2-5,9H2,1H3. The molecule has 106 valence electrons. The molecule has 1 fully saturated rings. The highest BCUT2D eigenvalue weighted by molar-refractivity contribution is 6.30. The summed E-state index contributed by atoms with van der Waals surface area (Å²) in [6.45, 7) is 2.28. The zero-order valence-electron chi connectivity index (χ0n) is 11.2. The molecule has 0 saturated heterocycles. The molecule has 2 nitrogen and oxygen atoms in total. The summed E-state index contributed by atoms with van der Waals surface area (Å²) in [5.74, 6) is -0.0596. The number of hydrogen-bond acceptors (Lipinski definition) is 2.